The summed E-state index contributed by atoms with van der Waals surface area (Å²) in [5.74, 6) is 0. The quantitative estimate of drug-likeness (QED) is 0.840. The molecule has 3 N–H and O–H groups in total. The molecule has 2 nitrogen and oxygen atoms in total. The highest BCUT2D eigenvalue weighted by molar-refractivity contribution is 5.85. The first-order valence-corrected chi connectivity index (χ1v) is 5.19. The number of alkyl halides is 6. The van der Waals surface area contributed by atoms with Crippen LogP contribution in [-0.2, 0) is 18.8 Å². The Morgan fingerprint density at radius 2 is 1.35 bits per heavy atom. The second kappa shape index (κ2) is 6.64. The normalized spacial score (nSPS) is 13.8. The van der Waals surface area contributed by atoms with Crippen LogP contribution in [0.3, 0.4) is 0 Å². The van der Waals surface area contributed by atoms with Crippen LogP contribution in [0.2, 0.25) is 0 Å². The zero-order valence-corrected chi connectivity index (χ0v) is 10.7. The average Bonchev–Trinajstić information content (AvgIpc) is 2.26. The zero-order chi connectivity index (χ0) is 14.8. The van der Waals surface area contributed by atoms with E-state index in [-0.39, 0.29) is 30.5 Å². The van der Waals surface area contributed by atoms with Gasteiger partial charge < -0.3 is 10.8 Å². The fourth-order valence-corrected chi connectivity index (χ4v) is 1.50. The van der Waals surface area contributed by atoms with Crippen molar-refractivity contribution in [3.8, 4) is 0 Å². The van der Waals surface area contributed by atoms with Crippen molar-refractivity contribution in [2.24, 2.45) is 5.73 Å². The predicted octanol–water partition coefficient (Wildman–Crippen LogP) is 3.01. The number of hydrogen-bond donors (Lipinski definition) is 2. The minimum atomic E-state index is -4.88. The number of aliphatic hydroxyl groups is 1. The van der Waals surface area contributed by atoms with Gasteiger partial charge in [-0.05, 0) is 30.2 Å². The lowest BCUT2D eigenvalue weighted by molar-refractivity contribution is -0.143. The lowest BCUT2D eigenvalue weighted by atomic mass is 10.00. The molecule has 0 aliphatic rings. The topological polar surface area (TPSA) is 46.2 Å². The highest BCUT2D eigenvalue weighted by Crippen LogP contribution is 2.36. The van der Waals surface area contributed by atoms with Gasteiger partial charge in [-0.3, -0.25) is 0 Å². The third kappa shape index (κ3) is 5.18. The Kier molecular flexibility index (Phi) is 6.31. The second-order valence-corrected chi connectivity index (χ2v) is 4.06. The molecule has 0 saturated carbocycles. The molecule has 0 bridgehead atoms. The molecule has 1 unspecified atom stereocenters. The molecule has 0 aliphatic carbocycles. The van der Waals surface area contributed by atoms with E-state index in [1.165, 1.54) is 0 Å². The van der Waals surface area contributed by atoms with E-state index in [2.05, 4.69) is 0 Å². The Bertz CT molecular complexity index is 413. The Morgan fingerprint density at radius 1 is 0.950 bits per heavy atom. The first kappa shape index (κ1) is 19.0. The lowest BCUT2D eigenvalue weighted by Gasteiger charge is -2.15. The van der Waals surface area contributed by atoms with Crippen molar-refractivity contribution in [2.45, 2.75) is 24.8 Å². The van der Waals surface area contributed by atoms with Crippen LogP contribution in [0, 0.1) is 0 Å². The van der Waals surface area contributed by atoms with E-state index in [0.29, 0.717) is 12.1 Å². The monoisotopic (exact) mass is 323 g/mol. The summed E-state index contributed by atoms with van der Waals surface area (Å²) in [6.07, 6.45) is -10.0. The van der Waals surface area contributed by atoms with Crippen LogP contribution in [-0.4, -0.2) is 17.8 Å². The molecule has 1 rings (SSSR count). The van der Waals surface area contributed by atoms with Gasteiger partial charge in [0.2, 0.25) is 0 Å². The molecular formula is C11H12ClF6NO. The van der Waals surface area contributed by atoms with E-state index in [1.807, 2.05) is 0 Å². The maximum Gasteiger partial charge on any atom is 0.416 e. The number of aliphatic hydroxyl groups excluding tert-OH is 1. The number of benzene rings is 1. The van der Waals surface area contributed by atoms with Gasteiger partial charge in [-0.15, -0.1) is 12.4 Å². The van der Waals surface area contributed by atoms with Crippen molar-refractivity contribution >= 4 is 12.4 Å². The van der Waals surface area contributed by atoms with E-state index in [1.54, 1.807) is 0 Å². The van der Waals surface area contributed by atoms with E-state index in [4.69, 9.17) is 10.8 Å². The molecule has 20 heavy (non-hydrogen) atoms. The predicted molar refractivity (Wildman–Crippen MR) is 62.5 cm³/mol. The number of halogens is 7. The van der Waals surface area contributed by atoms with Crippen LogP contribution >= 0.6 is 12.4 Å². The van der Waals surface area contributed by atoms with E-state index in [0.717, 1.165) is 0 Å². The number of nitrogens with two attached hydrogens (primary N) is 1. The molecule has 1 aromatic carbocycles. The second-order valence-electron chi connectivity index (χ2n) is 4.06. The largest absolute Gasteiger partial charge is 0.416 e. The Morgan fingerprint density at radius 3 is 1.65 bits per heavy atom. The van der Waals surface area contributed by atoms with Gasteiger partial charge in [0.25, 0.3) is 0 Å². The van der Waals surface area contributed by atoms with Gasteiger partial charge in [0.1, 0.15) is 0 Å². The lowest BCUT2D eigenvalue weighted by Crippen LogP contribution is -2.27. The van der Waals surface area contributed by atoms with Crippen LogP contribution in [0.1, 0.15) is 16.7 Å². The summed E-state index contributed by atoms with van der Waals surface area (Å²) in [6, 6.07) is 0.341. The summed E-state index contributed by atoms with van der Waals surface area (Å²) < 4.78 is 75.0. The van der Waals surface area contributed by atoms with Crippen LogP contribution in [0.5, 0.6) is 0 Å². The van der Waals surface area contributed by atoms with Gasteiger partial charge in [0, 0.05) is 6.04 Å². The summed E-state index contributed by atoms with van der Waals surface area (Å²) in [5.41, 5.74) is 2.32. The highest BCUT2D eigenvalue weighted by atomic mass is 35.5. The molecule has 9 heteroatoms. The first-order chi connectivity index (χ1) is 8.54. The van der Waals surface area contributed by atoms with Crippen LogP contribution in [0.25, 0.3) is 0 Å². The molecule has 0 radical (unpaired) electrons. The minimum absolute atomic E-state index is 0. The number of hydrogen-bond acceptors (Lipinski definition) is 2. The summed E-state index contributed by atoms with van der Waals surface area (Å²) in [6.45, 7) is -0.530. The van der Waals surface area contributed by atoms with Gasteiger partial charge in [0.15, 0.2) is 0 Å². The minimum Gasteiger partial charge on any atom is -0.395 e. The average molecular weight is 324 g/mol. The van der Waals surface area contributed by atoms with Gasteiger partial charge >= 0.3 is 12.4 Å². The third-order valence-electron chi connectivity index (χ3n) is 2.38. The zero-order valence-electron chi connectivity index (χ0n) is 9.92. The maximum absolute atomic E-state index is 12.5. The van der Waals surface area contributed by atoms with Crippen LogP contribution < -0.4 is 5.73 Å². The molecule has 0 saturated heterocycles. The molecule has 0 fully saturated rings. The Hall–Kier alpha value is -0.990. The molecule has 0 amide bonds. The Balaban J connectivity index is 0.00000361. The summed E-state index contributed by atoms with van der Waals surface area (Å²) in [4.78, 5) is 0. The fraction of sp³-hybridized carbons (Fsp3) is 0.455. The molecule has 0 aromatic heterocycles. The van der Waals surface area contributed by atoms with Crippen molar-refractivity contribution in [3.63, 3.8) is 0 Å². The van der Waals surface area contributed by atoms with E-state index >= 15 is 0 Å². The highest BCUT2D eigenvalue weighted by Gasteiger charge is 2.36. The first-order valence-electron chi connectivity index (χ1n) is 5.19. The van der Waals surface area contributed by atoms with Gasteiger partial charge in [0.05, 0.1) is 17.7 Å². The summed E-state index contributed by atoms with van der Waals surface area (Å²) in [5, 5.41) is 8.68. The molecule has 0 spiro atoms. The smallest absolute Gasteiger partial charge is 0.395 e. The van der Waals surface area contributed by atoms with Gasteiger partial charge in [-0.2, -0.15) is 26.3 Å². The van der Waals surface area contributed by atoms with Crippen LogP contribution in [0.4, 0.5) is 26.3 Å². The molecule has 0 heterocycles. The summed E-state index contributed by atoms with van der Waals surface area (Å²) in [7, 11) is 0. The SMILES string of the molecule is Cl.NC(CO)Cc1cc(C(F)(F)F)cc(C(F)(F)F)c1. The van der Waals surface area contributed by atoms with E-state index < -0.39 is 36.1 Å². The van der Waals surface area contributed by atoms with Crippen molar-refractivity contribution < 1.29 is 31.4 Å². The molecular weight excluding hydrogens is 312 g/mol. The fourth-order valence-electron chi connectivity index (χ4n) is 1.50. The third-order valence-corrected chi connectivity index (χ3v) is 2.38. The van der Waals surface area contributed by atoms with E-state index in [9.17, 15) is 26.3 Å². The van der Waals surface area contributed by atoms with Crippen molar-refractivity contribution in [3.05, 3.63) is 34.9 Å². The molecule has 1 atom stereocenters. The van der Waals surface area contributed by atoms with Crippen molar-refractivity contribution in [1.82, 2.24) is 0 Å². The van der Waals surface area contributed by atoms with Crippen LogP contribution in [0.15, 0.2) is 18.2 Å². The molecule has 1 aromatic rings. The number of rotatable bonds is 3. The van der Waals surface area contributed by atoms with Gasteiger partial charge in [-0.25, -0.2) is 0 Å². The standard InChI is InChI=1S/C11H11F6NO.ClH/c12-10(13,14)7-1-6(3-9(18)5-19)2-8(4-7)11(15,16)17;/h1-2,4,9,19H,3,5,18H2;1H. The Labute approximate surface area is 117 Å². The van der Waals surface area contributed by atoms with Gasteiger partial charge in [-0.1, -0.05) is 0 Å². The van der Waals surface area contributed by atoms with Crippen molar-refractivity contribution in [2.75, 3.05) is 6.61 Å². The maximum atomic E-state index is 12.5. The van der Waals surface area contributed by atoms with Crippen molar-refractivity contribution in [1.29, 1.82) is 0 Å². The summed E-state index contributed by atoms with van der Waals surface area (Å²) >= 11 is 0. The molecule has 0 aliphatic heterocycles. The molecule has 116 valence electrons.